The molecule has 1 N–H and O–H groups in total. The maximum absolute atomic E-state index is 10.6. The Bertz CT molecular complexity index is 318. The minimum atomic E-state index is -0.635. The van der Waals surface area contributed by atoms with E-state index in [2.05, 4.69) is 31.2 Å². The Labute approximate surface area is 92.1 Å². The summed E-state index contributed by atoms with van der Waals surface area (Å²) in [4.78, 5) is 0. The maximum atomic E-state index is 10.6. The first-order chi connectivity index (χ1) is 7.10. The van der Waals surface area contributed by atoms with E-state index in [0.717, 1.165) is 5.56 Å². The van der Waals surface area contributed by atoms with Gasteiger partial charge in [-0.2, -0.15) is 0 Å². The van der Waals surface area contributed by atoms with Crippen molar-refractivity contribution in [2.45, 2.75) is 45.1 Å². The molecule has 0 radical (unpaired) electrons. The van der Waals surface area contributed by atoms with Crippen LogP contribution < -0.4 is 0 Å². The van der Waals surface area contributed by atoms with Crippen molar-refractivity contribution in [3.8, 4) is 0 Å². The first kappa shape index (κ1) is 10.7. The van der Waals surface area contributed by atoms with Crippen molar-refractivity contribution in [1.82, 2.24) is 0 Å². The first-order valence-electron chi connectivity index (χ1n) is 5.90. The van der Waals surface area contributed by atoms with Gasteiger partial charge in [-0.1, -0.05) is 42.7 Å². The van der Waals surface area contributed by atoms with Gasteiger partial charge < -0.3 is 5.11 Å². The van der Waals surface area contributed by atoms with Crippen LogP contribution in [-0.2, 0) is 5.60 Å². The second kappa shape index (κ2) is 3.97. The predicted molar refractivity (Wildman–Crippen MR) is 62.7 cm³/mol. The lowest BCUT2D eigenvalue weighted by Crippen LogP contribution is -2.29. The van der Waals surface area contributed by atoms with E-state index in [9.17, 15) is 5.11 Å². The molecule has 1 nitrogen and oxygen atoms in total. The molecule has 0 aliphatic heterocycles. The minimum absolute atomic E-state index is 0.445. The third-order valence-electron chi connectivity index (χ3n) is 3.79. The van der Waals surface area contributed by atoms with Crippen LogP contribution in [0.1, 0.15) is 43.7 Å². The normalized spacial score (nSPS) is 21.5. The lowest BCUT2D eigenvalue weighted by molar-refractivity contribution is -0.00332. The molecule has 0 bridgehead atoms. The third kappa shape index (κ3) is 2.07. The fourth-order valence-corrected chi connectivity index (χ4v) is 2.61. The molecule has 0 heterocycles. The van der Waals surface area contributed by atoms with E-state index < -0.39 is 5.60 Å². The molecule has 1 aromatic rings. The van der Waals surface area contributed by atoms with E-state index in [4.69, 9.17) is 0 Å². The zero-order chi connectivity index (χ0) is 10.9. The van der Waals surface area contributed by atoms with E-state index in [-0.39, 0.29) is 0 Å². The van der Waals surface area contributed by atoms with E-state index in [1.807, 2.05) is 6.92 Å². The molecule has 1 aliphatic rings. The predicted octanol–water partition coefficient (Wildman–Crippen LogP) is 3.39. The number of hydrogen-bond acceptors (Lipinski definition) is 1. The molecule has 1 aromatic carbocycles. The van der Waals surface area contributed by atoms with Gasteiger partial charge in [-0.05, 0) is 38.2 Å². The van der Waals surface area contributed by atoms with Crippen molar-refractivity contribution in [2.75, 3.05) is 0 Å². The van der Waals surface area contributed by atoms with Crippen LogP contribution in [0.4, 0.5) is 0 Å². The van der Waals surface area contributed by atoms with Gasteiger partial charge >= 0.3 is 0 Å². The average molecular weight is 204 g/mol. The van der Waals surface area contributed by atoms with Crippen LogP contribution in [0.25, 0.3) is 0 Å². The summed E-state index contributed by atoms with van der Waals surface area (Å²) >= 11 is 0. The highest BCUT2D eigenvalue weighted by Gasteiger charge is 2.35. The van der Waals surface area contributed by atoms with E-state index in [1.165, 1.54) is 31.2 Å². The van der Waals surface area contributed by atoms with Crippen LogP contribution in [0, 0.1) is 12.8 Å². The van der Waals surface area contributed by atoms with Crippen LogP contribution in [0.3, 0.4) is 0 Å². The molecular weight excluding hydrogens is 184 g/mol. The maximum Gasteiger partial charge on any atom is 0.0896 e. The van der Waals surface area contributed by atoms with Crippen molar-refractivity contribution >= 4 is 0 Å². The zero-order valence-electron chi connectivity index (χ0n) is 9.66. The molecule has 82 valence electrons. The van der Waals surface area contributed by atoms with Crippen LogP contribution in [0.15, 0.2) is 24.3 Å². The number of rotatable bonds is 2. The Morgan fingerprint density at radius 3 is 2.20 bits per heavy atom. The van der Waals surface area contributed by atoms with Crippen LogP contribution in [0.5, 0.6) is 0 Å². The Hall–Kier alpha value is -0.820. The van der Waals surface area contributed by atoms with Crippen molar-refractivity contribution in [3.05, 3.63) is 35.4 Å². The Kier molecular flexibility index (Phi) is 2.83. The monoisotopic (exact) mass is 204 g/mol. The van der Waals surface area contributed by atoms with Crippen LogP contribution in [-0.4, -0.2) is 5.11 Å². The fourth-order valence-electron chi connectivity index (χ4n) is 2.61. The molecule has 1 heteroatoms. The quantitative estimate of drug-likeness (QED) is 0.783. The fraction of sp³-hybridized carbons (Fsp3) is 0.571. The molecule has 1 fully saturated rings. The van der Waals surface area contributed by atoms with Crippen LogP contribution >= 0.6 is 0 Å². The number of aliphatic hydroxyl groups is 1. The topological polar surface area (TPSA) is 20.2 Å². The van der Waals surface area contributed by atoms with Crippen LogP contribution in [0.2, 0.25) is 0 Å². The second-order valence-electron chi connectivity index (χ2n) is 4.99. The minimum Gasteiger partial charge on any atom is -0.385 e. The smallest absolute Gasteiger partial charge is 0.0896 e. The summed E-state index contributed by atoms with van der Waals surface area (Å²) in [5.74, 6) is 0.445. The van der Waals surface area contributed by atoms with E-state index in [1.54, 1.807) is 0 Å². The summed E-state index contributed by atoms with van der Waals surface area (Å²) in [7, 11) is 0. The van der Waals surface area contributed by atoms with Gasteiger partial charge in [-0.15, -0.1) is 0 Å². The molecule has 1 atom stereocenters. The largest absolute Gasteiger partial charge is 0.385 e. The summed E-state index contributed by atoms with van der Waals surface area (Å²) in [5, 5.41) is 10.6. The molecule has 1 aliphatic carbocycles. The Morgan fingerprint density at radius 1 is 1.13 bits per heavy atom. The van der Waals surface area contributed by atoms with Gasteiger partial charge in [0.1, 0.15) is 0 Å². The summed E-state index contributed by atoms with van der Waals surface area (Å²) in [5.41, 5.74) is 1.69. The lowest BCUT2D eigenvalue weighted by Gasteiger charge is -2.30. The standard InChI is InChI=1S/C14H20O/c1-11-7-9-13(10-8-11)14(2,15)12-5-3-4-6-12/h7-10,12,15H,3-6H2,1-2H3/t14-/m1/s1. The van der Waals surface area contributed by atoms with E-state index in [0.29, 0.717) is 5.92 Å². The molecule has 0 unspecified atom stereocenters. The van der Waals surface area contributed by atoms with Gasteiger partial charge in [0, 0.05) is 0 Å². The number of aryl methyl sites for hydroxylation is 1. The van der Waals surface area contributed by atoms with Crippen molar-refractivity contribution < 1.29 is 5.11 Å². The van der Waals surface area contributed by atoms with Crippen molar-refractivity contribution in [2.24, 2.45) is 5.92 Å². The van der Waals surface area contributed by atoms with Gasteiger partial charge in [-0.25, -0.2) is 0 Å². The molecular formula is C14H20O. The highest BCUT2D eigenvalue weighted by molar-refractivity contribution is 5.26. The number of hydrogen-bond donors (Lipinski definition) is 1. The Morgan fingerprint density at radius 2 is 1.67 bits per heavy atom. The third-order valence-corrected chi connectivity index (χ3v) is 3.79. The number of benzene rings is 1. The SMILES string of the molecule is Cc1ccc([C@](C)(O)C2CCCC2)cc1. The van der Waals surface area contributed by atoms with Gasteiger partial charge in [0.2, 0.25) is 0 Å². The summed E-state index contributed by atoms with van der Waals surface area (Å²) < 4.78 is 0. The molecule has 0 spiro atoms. The van der Waals surface area contributed by atoms with Crippen molar-refractivity contribution in [1.29, 1.82) is 0 Å². The lowest BCUT2D eigenvalue weighted by atomic mass is 9.81. The molecule has 0 aromatic heterocycles. The van der Waals surface area contributed by atoms with Gasteiger partial charge in [0.05, 0.1) is 5.60 Å². The molecule has 0 saturated heterocycles. The molecule has 1 saturated carbocycles. The molecule has 0 amide bonds. The van der Waals surface area contributed by atoms with Crippen molar-refractivity contribution in [3.63, 3.8) is 0 Å². The first-order valence-corrected chi connectivity index (χ1v) is 5.90. The van der Waals surface area contributed by atoms with E-state index >= 15 is 0 Å². The second-order valence-corrected chi connectivity index (χ2v) is 4.99. The highest BCUT2D eigenvalue weighted by atomic mass is 16.3. The summed E-state index contributed by atoms with van der Waals surface area (Å²) in [6.07, 6.45) is 4.88. The molecule has 2 rings (SSSR count). The summed E-state index contributed by atoms with van der Waals surface area (Å²) in [6.45, 7) is 4.04. The van der Waals surface area contributed by atoms with Gasteiger partial charge in [0.25, 0.3) is 0 Å². The van der Waals surface area contributed by atoms with Gasteiger partial charge in [0.15, 0.2) is 0 Å². The average Bonchev–Trinajstić information content (AvgIpc) is 2.71. The molecule has 15 heavy (non-hydrogen) atoms. The van der Waals surface area contributed by atoms with Gasteiger partial charge in [-0.3, -0.25) is 0 Å². The Balaban J connectivity index is 2.23. The zero-order valence-corrected chi connectivity index (χ0v) is 9.66. The highest BCUT2D eigenvalue weighted by Crippen LogP contribution is 2.40. The summed E-state index contributed by atoms with van der Waals surface area (Å²) in [6, 6.07) is 8.29.